The van der Waals surface area contributed by atoms with Gasteiger partial charge in [-0.15, -0.1) is 0 Å². The van der Waals surface area contributed by atoms with E-state index >= 15 is 0 Å². The topological polar surface area (TPSA) is 46.5 Å². The number of esters is 1. The van der Waals surface area contributed by atoms with E-state index in [2.05, 4.69) is 4.74 Å². The highest BCUT2D eigenvalue weighted by Crippen LogP contribution is 2.04. The molecule has 3 heteroatoms. The lowest BCUT2D eigenvalue weighted by molar-refractivity contribution is -0.151. The Balaban J connectivity index is 3.61. The minimum atomic E-state index is -0.954. The zero-order valence-corrected chi connectivity index (χ0v) is 6.63. The third kappa shape index (κ3) is 3.45. The van der Waals surface area contributed by atoms with Crippen molar-refractivity contribution in [3.63, 3.8) is 0 Å². The van der Waals surface area contributed by atoms with Gasteiger partial charge >= 0.3 is 5.97 Å². The molecule has 10 heavy (non-hydrogen) atoms. The molecule has 0 fully saturated rings. The number of rotatable bonds is 3. The number of methoxy groups -OCH3 is 1. The van der Waals surface area contributed by atoms with Gasteiger partial charge in [-0.2, -0.15) is 0 Å². The zero-order chi connectivity index (χ0) is 8.15. The standard InChI is InChI=1S/C7H14O3/c1-5(2)4-6(8)7(9)10-3/h5-6,8H,4H2,1-3H3. The lowest BCUT2D eigenvalue weighted by atomic mass is 10.1. The smallest absolute Gasteiger partial charge is 0.334 e. The second-order valence-electron chi connectivity index (χ2n) is 2.67. The molecule has 60 valence electrons. The van der Waals surface area contributed by atoms with Crippen molar-refractivity contribution >= 4 is 5.97 Å². The molecular weight excluding hydrogens is 132 g/mol. The predicted octanol–water partition coefficient (Wildman–Crippen LogP) is 0.566. The van der Waals surface area contributed by atoms with Crippen molar-refractivity contribution < 1.29 is 14.6 Å². The summed E-state index contributed by atoms with van der Waals surface area (Å²) < 4.78 is 4.32. The maximum absolute atomic E-state index is 10.6. The highest BCUT2D eigenvalue weighted by molar-refractivity contribution is 5.74. The Morgan fingerprint density at radius 3 is 2.40 bits per heavy atom. The van der Waals surface area contributed by atoms with Crippen molar-refractivity contribution in [2.75, 3.05) is 7.11 Å². The minimum absolute atomic E-state index is 0.314. The monoisotopic (exact) mass is 146 g/mol. The first-order valence-electron chi connectivity index (χ1n) is 3.33. The summed E-state index contributed by atoms with van der Waals surface area (Å²) in [5.41, 5.74) is 0. The SMILES string of the molecule is COC(=O)C(O)CC(C)C. The highest BCUT2D eigenvalue weighted by atomic mass is 16.5. The average Bonchev–Trinajstić information content (AvgIpc) is 1.85. The van der Waals surface area contributed by atoms with Crippen molar-refractivity contribution in [2.45, 2.75) is 26.4 Å². The summed E-state index contributed by atoms with van der Waals surface area (Å²) in [7, 11) is 1.27. The molecule has 0 heterocycles. The summed E-state index contributed by atoms with van der Waals surface area (Å²) in [6.45, 7) is 3.87. The molecule has 0 spiro atoms. The summed E-state index contributed by atoms with van der Waals surface area (Å²) in [6.07, 6.45) is -0.489. The van der Waals surface area contributed by atoms with Gasteiger partial charge in [0.1, 0.15) is 0 Å². The third-order valence-electron chi connectivity index (χ3n) is 1.17. The van der Waals surface area contributed by atoms with Gasteiger partial charge in [-0.1, -0.05) is 13.8 Å². The van der Waals surface area contributed by atoms with Gasteiger partial charge in [0.25, 0.3) is 0 Å². The fraction of sp³-hybridized carbons (Fsp3) is 0.857. The fourth-order valence-corrected chi connectivity index (χ4v) is 0.679. The minimum Gasteiger partial charge on any atom is -0.467 e. The van der Waals surface area contributed by atoms with E-state index < -0.39 is 12.1 Å². The van der Waals surface area contributed by atoms with E-state index in [4.69, 9.17) is 5.11 Å². The van der Waals surface area contributed by atoms with Crippen LogP contribution in [0.3, 0.4) is 0 Å². The third-order valence-corrected chi connectivity index (χ3v) is 1.17. The van der Waals surface area contributed by atoms with Crippen molar-refractivity contribution in [1.82, 2.24) is 0 Å². The molecule has 0 rings (SSSR count). The first-order chi connectivity index (χ1) is 4.57. The van der Waals surface area contributed by atoms with Crippen LogP contribution in [-0.2, 0) is 9.53 Å². The first kappa shape index (κ1) is 9.43. The molecule has 3 nitrogen and oxygen atoms in total. The van der Waals surface area contributed by atoms with Crippen LogP contribution in [0.5, 0.6) is 0 Å². The molecule has 1 atom stereocenters. The Morgan fingerprint density at radius 1 is 1.60 bits per heavy atom. The summed E-state index contributed by atoms with van der Waals surface area (Å²) in [5.74, 6) is -0.234. The van der Waals surface area contributed by atoms with Crippen molar-refractivity contribution in [3.8, 4) is 0 Å². The van der Waals surface area contributed by atoms with Crippen LogP contribution in [-0.4, -0.2) is 24.3 Å². The molecule has 0 aliphatic carbocycles. The van der Waals surface area contributed by atoms with Crippen LogP contribution in [0, 0.1) is 5.92 Å². The Hall–Kier alpha value is -0.570. The quantitative estimate of drug-likeness (QED) is 0.592. The molecule has 0 saturated carbocycles. The van der Waals surface area contributed by atoms with Gasteiger partial charge in [-0.3, -0.25) is 0 Å². The fourth-order valence-electron chi connectivity index (χ4n) is 0.679. The number of aliphatic hydroxyl groups excluding tert-OH is 1. The molecule has 0 amide bonds. The summed E-state index contributed by atoms with van der Waals surface area (Å²) in [5, 5.41) is 9.01. The van der Waals surface area contributed by atoms with E-state index in [1.807, 2.05) is 13.8 Å². The summed E-state index contributed by atoms with van der Waals surface area (Å²) in [4.78, 5) is 10.6. The Bertz CT molecular complexity index is 109. The van der Waals surface area contributed by atoms with E-state index in [1.165, 1.54) is 7.11 Å². The molecule has 0 radical (unpaired) electrons. The molecule has 0 aliphatic rings. The van der Waals surface area contributed by atoms with Gasteiger partial charge in [-0.25, -0.2) is 4.79 Å². The maximum Gasteiger partial charge on any atom is 0.334 e. The Morgan fingerprint density at radius 2 is 2.10 bits per heavy atom. The average molecular weight is 146 g/mol. The molecule has 0 aromatic carbocycles. The summed E-state index contributed by atoms with van der Waals surface area (Å²) in [6, 6.07) is 0. The number of hydrogen-bond acceptors (Lipinski definition) is 3. The number of carbonyl (C=O) groups is 1. The molecule has 0 aromatic heterocycles. The van der Waals surface area contributed by atoms with Crippen molar-refractivity contribution in [3.05, 3.63) is 0 Å². The molecular formula is C7H14O3. The summed E-state index contributed by atoms with van der Waals surface area (Å²) >= 11 is 0. The van der Waals surface area contributed by atoms with Crippen LogP contribution in [0.15, 0.2) is 0 Å². The molecule has 0 bridgehead atoms. The first-order valence-corrected chi connectivity index (χ1v) is 3.33. The normalized spacial score (nSPS) is 13.3. The van der Waals surface area contributed by atoms with Gasteiger partial charge in [0, 0.05) is 0 Å². The Kier molecular flexibility index (Phi) is 4.03. The van der Waals surface area contributed by atoms with Crippen LogP contribution >= 0.6 is 0 Å². The lowest BCUT2D eigenvalue weighted by Crippen LogP contribution is -2.23. The molecule has 0 aromatic rings. The van der Waals surface area contributed by atoms with Crippen LogP contribution in [0.1, 0.15) is 20.3 Å². The van der Waals surface area contributed by atoms with Crippen LogP contribution in [0.4, 0.5) is 0 Å². The van der Waals surface area contributed by atoms with E-state index in [-0.39, 0.29) is 0 Å². The van der Waals surface area contributed by atoms with Gasteiger partial charge in [0.05, 0.1) is 7.11 Å². The van der Waals surface area contributed by atoms with E-state index in [1.54, 1.807) is 0 Å². The molecule has 0 aliphatic heterocycles. The van der Waals surface area contributed by atoms with Gasteiger partial charge in [0.2, 0.25) is 0 Å². The van der Waals surface area contributed by atoms with Crippen LogP contribution in [0.25, 0.3) is 0 Å². The highest BCUT2D eigenvalue weighted by Gasteiger charge is 2.15. The van der Waals surface area contributed by atoms with Gasteiger partial charge < -0.3 is 9.84 Å². The lowest BCUT2D eigenvalue weighted by Gasteiger charge is -2.09. The van der Waals surface area contributed by atoms with Crippen molar-refractivity contribution in [1.29, 1.82) is 0 Å². The molecule has 0 saturated heterocycles. The van der Waals surface area contributed by atoms with Crippen molar-refractivity contribution in [2.24, 2.45) is 5.92 Å². The number of aliphatic hydroxyl groups is 1. The maximum atomic E-state index is 10.6. The van der Waals surface area contributed by atoms with Gasteiger partial charge in [0.15, 0.2) is 6.10 Å². The number of hydrogen-bond donors (Lipinski definition) is 1. The predicted molar refractivity (Wildman–Crippen MR) is 37.5 cm³/mol. The molecule has 1 N–H and O–H groups in total. The zero-order valence-electron chi connectivity index (χ0n) is 6.63. The largest absolute Gasteiger partial charge is 0.467 e. The number of ether oxygens (including phenoxy) is 1. The molecule has 1 unspecified atom stereocenters. The number of carbonyl (C=O) groups excluding carboxylic acids is 1. The van der Waals surface area contributed by atoms with Crippen LogP contribution < -0.4 is 0 Å². The Labute approximate surface area is 61.0 Å². The van der Waals surface area contributed by atoms with E-state index in [0.29, 0.717) is 12.3 Å². The van der Waals surface area contributed by atoms with Gasteiger partial charge in [-0.05, 0) is 12.3 Å². The van der Waals surface area contributed by atoms with E-state index in [0.717, 1.165) is 0 Å². The van der Waals surface area contributed by atoms with Crippen LogP contribution in [0.2, 0.25) is 0 Å². The second kappa shape index (κ2) is 4.28. The second-order valence-corrected chi connectivity index (χ2v) is 2.67. The van der Waals surface area contributed by atoms with E-state index in [9.17, 15) is 4.79 Å².